The number of benzene rings is 1. The van der Waals surface area contributed by atoms with Crippen molar-refractivity contribution in [1.82, 2.24) is 15.1 Å². The van der Waals surface area contributed by atoms with Crippen molar-refractivity contribution >= 4 is 11.9 Å². The number of likely N-dealkylation sites (tertiary alicyclic amines) is 1. The smallest absolute Gasteiger partial charge is 0.311 e. The van der Waals surface area contributed by atoms with Gasteiger partial charge in [-0.15, -0.1) is 0 Å². The number of carbonyl (C=O) groups excluding carboxylic acids is 1. The van der Waals surface area contributed by atoms with Gasteiger partial charge in [0.1, 0.15) is 0 Å². The highest BCUT2D eigenvalue weighted by Gasteiger charge is 2.55. The summed E-state index contributed by atoms with van der Waals surface area (Å²) in [6, 6.07) is 10.3. The summed E-state index contributed by atoms with van der Waals surface area (Å²) in [4.78, 5) is 26.4. The fraction of sp³-hybridized carbons (Fsp3) is 0.421. The first kappa shape index (κ1) is 15.9. The Hall–Kier alpha value is -2.63. The second-order valence-corrected chi connectivity index (χ2v) is 7.21. The molecule has 2 heterocycles. The molecule has 25 heavy (non-hydrogen) atoms. The summed E-state index contributed by atoms with van der Waals surface area (Å²) < 4.78 is 0. The predicted octanol–water partition coefficient (Wildman–Crippen LogP) is 2.52. The Balaban J connectivity index is 1.58. The fourth-order valence-corrected chi connectivity index (χ4v) is 4.53. The van der Waals surface area contributed by atoms with Crippen LogP contribution >= 0.6 is 0 Å². The molecule has 1 aromatic carbocycles. The van der Waals surface area contributed by atoms with Crippen molar-refractivity contribution < 1.29 is 14.7 Å². The molecular formula is C19H21N3O3. The summed E-state index contributed by atoms with van der Waals surface area (Å²) in [7, 11) is 0. The van der Waals surface area contributed by atoms with Gasteiger partial charge in [-0.3, -0.25) is 14.7 Å². The van der Waals surface area contributed by atoms with Crippen LogP contribution in [-0.2, 0) is 4.79 Å². The molecule has 2 N–H and O–H groups in total. The maximum atomic E-state index is 12.6. The highest BCUT2D eigenvalue weighted by Crippen LogP contribution is 2.51. The quantitative estimate of drug-likeness (QED) is 0.900. The molecule has 0 radical (unpaired) electrons. The number of nitrogens with zero attached hydrogens (tertiary/aromatic N) is 2. The van der Waals surface area contributed by atoms with E-state index in [1.165, 1.54) is 11.8 Å². The summed E-state index contributed by atoms with van der Waals surface area (Å²) >= 11 is 0. The molecule has 2 aromatic rings. The maximum absolute atomic E-state index is 12.6. The molecule has 0 unspecified atom stereocenters. The zero-order valence-corrected chi connectivity index (χ0v) is 13.9. The fourth-order valence-electron chi connectivity index (χ4n) is 4.53. The first-order valence-electron chi connectivity index (χ1n) is 8.66. The minimum Gasteiger partial charge on any atom is -0.481 e. The number of nitrogens with one attached hydrogen (secondary N) is 1. The number of hydrogen-bond acceptors (Lipinski definition) is 3. The van der Waals surface area contributed by atoms with Gasteiger partial charge in [0.25, 0.3) is 5.91 Å². The van der Waals surface area contributed by atoms with Crippen molar-refractivity contribution in [3.05, 3.63) is 53.9 Å². The number of aromatic amines is 1. The highest BCUT2D eigenvalue weighted by molar-refractivity contribution is 5.94. The van der Waals surface area contributed by atoms with E-state index in [9.17, 15) is 14.7 Å². The van der Waals surface area contributed by atoms with Crippen molar-refractivity contribution in [1.29, 1.82) is 0 Å². The third kappa shape index (κ3) is 2.62. The summed E-state index contributed by atoms with van der Waals surface area (Å²) in [6.07, 6.45) is 5.32. The third-order valence-electron chi connectivity index (χ3n) is 5.93. The molecule has 1 saturated carbocycles. The number of hydrogen-bond donors (Lipinski definition) is 2. The summed E-state index contributed by atoms with van der Waals surface area (Å²) in [5.74, 6) is -0.561. The van der Waals surface area contributed by atoms with Crippen molar-refractivity contribution in [2.45, 2.75) is 25.2 Å². The Labute approximate surface area is 145 Å². The van der Waals surface area contributed by atoms with Gasteiger partial charge in [0, 0.05) is 19.3 Å². The molecule has 0 spiro atoms. The van der Waals surface area contributed by atoms with Crippen LogP contribution in [-0.4, -0.2) is 45.2 Å². The van der Waals surface area contributed by atoms with Crippen LogP contribution in [0.5, 0.6) is 0 Å². The van der Waals surface area contributed by atoms with Gasteiger partial charge in [-0.05, 0) is 36.7 Å². The van der Waals surface area contributed by atoms with Crippen LogP contribution in [0.3, 0.4) is 0 Å². The minimum atomic E-state index is -0.815. The molecular weight excluding hydrogens is 318 g/mol. The van der Waals surface area contributed by atoms with Gasteiger partial charge >= 0.3 is 5.97 Å². The van der Waals surface area contributed by atoms with Gasteiger partial charge in [0.15, 0.2) is 0 Å². The largest absolute Gasteiger partial charge is 0.481 e. The van der Waals surface area contributed by atoms with E-state index in [4.69, 9.17) is 0 Å². The SMILES string of the molecule is O=C(c1cn[nH]c1)N1C[C@@H]2C[C@@H](c3ccccc3)CC[C@]2(C(=O)O)C1. The molecule has 6 heteroatoms. The monoisotopic (exact) mass is 339 g/mol. The average Bonchev–Trinajstić information content (AvgIpc) is 3.29. The Kier molecular flexibility index (Phi) is 3.82. The van der Waals surface area contributed by atoms with Crippen LogP contribution in [0.1, 0.15) is 41.1 Å². The Morgan fingerprint density at radius 2 is 2.08 bits per heavy atom. The zero-order valence-electron chi connectivity index (χ0n) is 13.9. The molecule has 1 aromatic heterocycles. The Morgan fingerprint density at radius 3 is 2.76 bits per heavy atom. The van der Waals surface area contributed by atoms with Crippen molar-refractivity contribution in [3.8, 4) is 0 Å². The molecule has 130 valence electrons. The zero-order chi connectivity index (χ0) is 17.4. The molecule has 2 aliphatic rings. The van der Waals surface area contributed by atoms with E-state index in [0.29, 0.717) is 31.0 Å². The molecule has 3 atom stereocenters. The maximum Gasteiger partial charge on any atom is 0.311 e. The van der Waals surface area contributed by atoms with E-state index in [1.54, 1.807) is 11.1 Å². The lowest BCUT2D eigenvalue weighted by molar-refractivity contribution is -0.152. The van der Waals surface area contributed by atoms with E-state index in [-0.39, 0.29) is 11.8 Å². The number of rotatable bonds is 3. The number of amides is 1. The van der Waals surface area contributed by atoms with Gasteiger partial charge < -0.3 is 10.0 Å². The van der Waals surface area contributed by atoms with Crippen LogP contribution in [0, 0.1) is 11.3 Å². The van der Waals surface area contributed by atoms with Crippen LogP contribution in [0.15, 0.2) is 42.7 Å². The van der Waals surface area contributed by atoms with Crippen molar-refractivity contribution in [3.63, 3.8) is 0 Å². The Morgan fingerprint density at radius 1 is 1.28 bits per heavy atom. The van der Waals surface area contributed by atoms with Crippen LogP contribution in [0.4, 0.5) is 0 Å². The molecule has 4 rings (SSSR count). The summed E-state index contributed by atoms with van der Waals surface area (Å²) in [5.41, 5.74) is 0.935. The molecule has 1 aliphatic heterocycles. The van der Waals surface area contributed by atoms with Crippen molar-refractivity contribution in [2.75, 3.05) is 13.1 Å². The Bertz CT molecular complexity index is 774. The number of carboxylic acid groups (broad SMARTS) is 1. The van der Waals surface area contributed by atoms with Gasteiger partial charge in [-0.1, -0.05) is 30.3 Å². The van der Waals surface area contributed by atoms with E-state index in [0.717, 1.165) is 12.8 Å². The van der Waals surface area contributed by atoms with Gasteiger partial charge in [-0.2, -0.15) is 5.10 Å². The predicted molar refractivity (Wildman–Crippen MR) is 91.1 cm³/mol. The second-order valence-electron chi connectivity index (χ2n) is 7.21. The molecule has 1 saturated heterocycles. The molecule has 1 amide bonds. The topological polar surface area (TPSA) is 86.3 Å². The lowest BCUT2D eigenvalue weighted by Gasteiger charge is -2.38. The third-order valence-corrected chi connectivity index (χ3v) is 5.93. The number of aliphatic carboxylic acids is 1. The number of H-pyrrole nitrogens is 1. The lowest BCUT2D eigenvalue weighted by atomic mass is 9.64. The van der Waals surface area contributed by atoms with Gasteiger partial charge in [0.05, 0.1) is 17.2 Å². The summed E-state index contributed by atoms with van der Waals surface area (Å²) in [6.45, 7) is 0.790. The normalized spacial score (nSPS) is 28.6. The van der Waals surface area contributed by atoms with E-state index in [1.807, 2.05) is 18.2 Å². The van der Waals surface area contributed by atoms with E-state index in [2.05, 4.69) is 22.3 Å². The van der Waals surface area contributed by atoms with E-state index < -0.39 is 11.4 Å². The number of carbonyl (C=O) groups is 2. The number of carboxylic acids is 1. The van der Waals surface area contributed by atoms with Crippen molar-refractivity contribution in [2.24, 2.45) is 11.3 Å². The number of fused-ring (bicyclic) bond motifs is 1. The van der Waals surface area contributed by atoms with E-state index >= 15 is 0 Å². The van der Waals surface area contributed by atoms with Gasteiger partial charge in [0.2, 0.25) is 0 Å². The highest BCUT2D eigenvalue weighted by atomic mass is 16.4. The lowest BCUT2D eigenvalue weighted by Crippen LogP contribution is -2.43. The second kappa shape index (κ2) is 6.02. The molecule has 2 fully saturated rings. The number of aromatic nitrogens is 2. The van der Waals surface area contributed by atoms with Crippen LogP contribution < -0.4 is 0 Å². The minimum absolute atomic E-state index is 0.0141. The van der Waals surface area contributed by atoms with Crippen LogP contribution in [0.25, 0.3) is 0 Å². The molecule has 1 aliphatic carbocycles. The average molecular weight is 339 g/mol. The van der Waals surface area contributed by atoms with Crippen LogP contribution in [0.2, 0.25) is 0 Å². The standard InChI is InChI=1S/C19H21N3O3/c23-17(15-9-20-21-10-15)22-11-16-8-14(13-4-2-1-3-5-13)6-7-19(16,12-22)18(24)25/h1-5,9-10,14,16H,6-8,11-12H2,(H,20,21)(H,24,25)/t14-,16-,19-/m0/s1. The molecule has 6 nitrogen and oxygen atoms in total. The van der Waals surface area contributed by atoms with Gasteiger partial charge in [-0.25, -0.2) is 0 Å². The first-order valence-corrected chi connectivity index (χ1v) is 8.66. The molecule has 0 bridgehead atoms. The summed E-state index contributed by atoms with van der Waals surface area (Å²) in [5, 5.41) is 16.4. The first-order chi connectivity index (χ1) is 12.1.